The van der Waals surface area contributed by atoms with E-state index in [1.807, 2.05) is 20.8 Å². The molecule has 2 aliphatic carbocycles. The van der Waals surface area contributed by atoms with Crippen LogP contribution in [-0.4, -0.2) is 23.1 Å². The molecular formula is C11H16O4. The second-order valence-corrected chi connectivity index (χ2v) is 5.37. The minimum absolute atomic E-state index is 0.0360. The molecule has 0 aromatic carbocycles. The Morgan fingerprint density at radius 3 is 2.47 bits per heavy atom. The molecule has 4 nitrogen and oxygen atoms in total. The van der Waals surface area contributed by atoms with Gasteiger partial charge in [-0.15, -0.1) is 0 Å². The summed E-state index contributed by atoms with van der Waals surface area (Å²) < 4.78 is 4.73. The minimum Gasteiger partial charge on any atom is -0.450 e. The van der Waals surface area contributed by atoms with Crippen LogP contribution in [0.25, 0.3) is 0 Å². The number of carboxylic acid groups (broad SMARTS) is 1. The first-order chi connectivity index (χ1) is 6.80. The van der Waals surface area contributed by atoms with Gasteiger partial charge in [0.25, 0.3) is 0 Å². The van der Waals surface area contributed by atoms with Crippen molar-refractivity contribution < 1.29 is 19.4 Å². The molecule has 0 heterocycles. The summed E-state index contributed by atoms with van der Waals surface area (Å²) in [4.78, 5) is 22.6. The molecule has 15 heavy (non-hydrogen) atoms. The third-order valence-electron chi connectivity index (χ3n) is 4.70. The van der Waals surface area contributed by atoms with Gasteiger partial charge < -0.3 is 9.84 Å². The zero-order valence-corrected chi connectivity index (χ0v) is 9.24. The largest absolute Gasteiger partial charge is 0.506 e. The number of rotatable bonds is 1. The number of Topliss-reactive ketones (excluding diaryl/α,β-unsaturated/α-hetero) is 1. The Bertz CT molecular complexity index is 333. The number of hydrogen-bond donors (Lipinski definition) is 1. The summed E-state index contributed by atoms with van der Waals surface area (Å²) in [6.07, 6.45) is -0.354. The highest BCUT2D eigenvalue weighted by atomic mass is 16.7. The Balaban J connectivity index is 2.34. The van der Waals surface area contributed by atoms with Crippen LogP contribution in [0.15, 0.2) is 0 Å². The quantitative estimate of drug-likeness (QED) is 0.676. The van der Waals surface area contributed by atoms with Crippen molar-refractivity contribution in [1.29, 1.82) is 0 Å². The standard InChI is InChI=1S/C11H16O4/c1-10(2)6-4-5-11(10,3)8(12)7(6)15-9(13)14/h6-7H,4-5H2,1-3H3,(H,13,14)/t6-,7-,11-/m0/s1. The molecule has 84 valence electrons. The van der Waals surface area contributed by atoms with E-state index in [2.05, 4.69) is 0 Å². The van der Waals surface area contributed by atoms with Gasteiger partial charge in [0.15, 0.2) is 11.9 Å². The lowest BCUT2D eigenvalue weighted by atomic mass is 9.70. The van der Waals surface area contributed by atoms with Crippen molar-refractivity contribution in [3.05, 3.63) is 0 Å². The molecule has 2 rings (SSSR count). The molecule has 2 saturated carbocycles. The van der Waals surface area contributed by atoms with Crippen LogP contribution in [0, 0.1) is 16.7 Å². The van der Waals surface area contributed by atoms with E-state index in [4.69, 9.17) is 9.84 Å². The lowest BCUT2D eigenvalue weighted by Gasteiger charge is -2.31. The number of ether oxygens (including phenoxy) is 1. The van der Waals surface area contributed by atoms with E-state index in [0.717, 1.165) is 12.8 Å². The van der Waals surface area contributed by atoms with Gasteiger partial charge in [-0.05, 0) is 18.3 Å². The summed E-state index contributed by atoms with van der Waals surface area (Å²) >= 11 is 0. The molecule has 0 aromatic heterocycles. The topological polar surface area (TPSA) is 63.6 Å². The Labute approximate surface area is 88.6 Å². The maximum Gasteiger partial charge on any atom is 0.506 e. The van der Waals surface area contributed by atoms with Crippen molar-refractivity contribution in [3.8, 4) is 0 Å². The molecule has 4 heteroatoms. The van der Waals surface area contributed by atoms with Crippen LogP contribution in [0.1, 0.15) is 33.6 Å². The summed E-state index contributed by atoms with van der Waals surface area (Å²) in [5.41, 5.74) is -0.554. The van der Waals surface area contributed by atoms with Crippen molar-refractivity contribution in [1.82, 2.24) is 0 Å². The number of hydrogen-bond acceptors (Lipinski definition) is 3. The summed E-state index contributed by atoms with van der Waals surface area (Å²) in [7, 11) is 0. The summed E-state index contributed by atoms with van der Waals surface area (Å²) in [5, 5.41) is 8.60. The fourth-order valence-corrected chi connectivity index (χ4v) is 3.25. The van der Waals surface area contributed by atoms with Crippen LogP contribution < -0.4 is 0 Å². The molecule has 0 saturated heterocycles. The predicted molar refractivity (Wildman–Crippen MR) is 52.5 cm³/mol. The van der Waals surface area contributed by atoms with E-state index in [0.29, 0.717) is 0 Å². The molecule has 2 aliphatic rings. The smallest absolute Gasteiger partial charge is 0.450 e. The monoisotopic (exact) mass is 212 g/mol. The van der Waals surface area contributed by atoms with Crippen molar-refractivity contribution >= 4 is 11.9 Å². The van der Waals surface area contributed by atoms with Crippen LogP contribution in [0.2, 0.25) is 0 Å². The maximum atomic E-state index is 12.1. The molecule has 0 amide bonds. The lowest BCUT2D eigenvalue weighted by Crippen LogP contribution is -2.36. The van der Waals surface area contributed by atoms with Gasteiger partial charge in [-0.2, -0.15) is 0 Å². The Kier molecular flexibility index (Phi) is 1.91. The predicted octanol–water partition coefficient (Wildman–Crippen LogP) is 2.07. The second-order valence-electron chi connectivity index (χ2n) is 5.37. The number of ketones is 1. The first kappa shape index (κ1) is 10.5. The van der Waals surface area contributed by atoms with E-state index in [1.54, 1.807) is 0 Å². The van der Waals surface area contributed by atoms with Gasteiger partial charge in [0.2, 0.25) is 0 Å². The first-order valence-electron chi connectivity index (χ1n) is 5.24. The Morgan fingerprint density at radius 1 is 1.47 bits per heavy atom. The molecule has 0 radical (unpaired) electrons. The summed E-state index contributed by atoms with van der Waals surface area (Å²) in [6, 6.07) is 0. The second kappa shape index (κ2) is 2.74. The summed E-state index contributed by atoms with van der Waals surface area (Å²) in [6.45, 7) is 6.00. The molecule has 1 N–H and O–H groups in total. The van der Waals surface area contributed by atoms with Crippen LogP contribution in [0.4, 0.5) is 4.79 Å². The highest BCUT2D eigenvalue weighted by molar-refractivity contribution is 5.94. The van der Waals surface area contributed by atoms with Gasteiger partial charge in [-0.1, -0.05) is 20.8 Å². The average Bonchev–Trinajstić information content (AvgIpc) is 2.40. The number of carbonyl (C=O) groups is 2. The molecule has 3 atom stereocenters. The van der Waals surface area contributed by atoms with Crippen LogP contribution in [0.5, 0.6) is 0 Å². The van der Waals surface area contributed by atoms with Gasteiger partial charge in [0.1, 0.15) is 0 Å². The molecule has 2 bridgehead atoms. The fraction of sp³-hybridized carbons (Fsp3) is 0.818. The fourth-order valence-electron chi connectivity index (χ4n) is 3.25. The van der Waals surface area contributed by atoms with Crippen molar-refractivity contribution in [2.24, 2.45) is 16.7 Å². The van der Waals surface area contributed by atoms with E-state index in [-0.39, 0.29) is 17.1 Å². The molecule has 0 unspecified atom stereocenters. The van der Waals surface area contributed by atoms with Crippen molar-refractivity contribution in [3.63, 3.8) is 0 Å². The molecule has 2 fully saturated rings. The normalized spacial score (nSPS) is 41.9. The minimum atomic E-state index is -1.35. The third-order valence-corrected chi connectivity index (χ3v) is 4.70. The number of fused-ring (bicyclic) bond motifs is 2. The number of carbonyl (C=O) groups excluding carboxylic acids is 1. The van der Waals surface area contributed by atoms with Crippen LogP contribution in [-0.2, 0) is 9.53 Å². The molecule has 0 aliphatic heterocycles. The van der Waals surface area contributed by atoms with Gasteiger partial charge in [0, 0.05) is 11.3 Å². The highest BCUT2D eigenvalue weighted by Gasteiger charge is 2.67. The van der Waals surface area contributed by atoms with E-state index >= 15 is 0 Å². The van der Waals surface area contributed by atoms with Gasteiger partial charge in [0.05, 0.1) is 0 Å². The first-order valence-corrected chi connectivity index (χ1v) is 5.24. The van der Waals surface area contributed by atoms with Crippen LogP contribution in [0.3, 0.4) is 0 Å². The Morgan fingerprint density at radius 2 is 2.07 bits per heavy atom. The average molecular weight is 212 g/mol. The van der Waals surface area contributed by atoms with Crippen LogP contribution >= 0.6 is 0 Å². The SMILES string of the molecule is CC1(C)[C@H]2CC[C@@]1(C)C(=O)[C@H]2OC(=O)O. The molecule has 0 aromatic rings. The van der Waals surface area contributed by atoms with Gasteiger partial charge >= 0.3 is 6.16 Å². The maximum absolute atomic E-state index is 12.1. The van der Waals surface area contributed by atoms with E-state index in [1.165, 1.54) is 0 Å². The molecule has 0 spiro atoms. The van der Waals surface area contributed by atoms with Crippen molar-refractivity contribution in [2.75, 3.05) is 0 Å². The zero-order valence-electron chi connectivity index (χ0n) is 9.24. The van der Waals surface area contributed by atoms with Gasteiger partial charge in [-0.25, -0.2) is 4.79 Å². The van der Waals surface area contributed by atoms with E-state index in [9.17, 15) is 9.59 Å². The van der Waals surface area contributed by atoms with E-state index < -0.39 is 17.7 Å². The zero-order chi connectivity index (χ0) is 11.4. The summed E-state index contributed by atoms with van der Waals surface area (Å²) in [5.74, 6) is 0.0113. The third kappa shape index (κ3) is 1.08. The Hall–Kier alpha value is -1.06. The molecular weight excluding hydrogens is 196 g/mol. The van der Waals surface area contributed by atoms with Gasteiger partial charge in [-0.3, -0.25) is 4.79 Å². The highest BCUT2D eigenvalue weighted by Crippen LogP contribution is 2.64. The lowest BCUT2D eigenvalue weighted by molar-refractivity contribution is -0.136. The van der Waals surface area contributed by atoms with Crippen molar-refractivity contribution in [2.45, 2.75) is 39.7 Å².